The molecule has 0 saturated heterocycles. The van der Waals surface area contributed by atoms with Crippen molar-refractivity contribution in [3.8, 4) is 0 Å². The van der Waals surface area contributed by atoms with Crippen LogP contribution in [0, 0.1) is 0 Å². The summed E-state index contributed by atoms with van der Waals surface area (Å²) < 4.78 is 0. The maximum Gasteiger partial charge on any atom is 0.217 e. The molecule has 1 N–H and O–H groups in total. The fourth-order valence-corrected chi connectivity index (χ4v) is 1.29. The summed E-state index contributed by atoms with van der Waals surface area (Å²) in [6, 6.07) is 8.32. The van der Waals surface area contributed by atoms with Gasteiger partial charge in [0.05, 0.1) is 0 Å². The Morgan fingerprint density at radius 2 is 2.14 bits per heavy atom. The first-order valence-corrected chi connectivity index (χ1v) is 4.93. The van der Waals surface area contributed by atoms with Gasteiger partial charge in [0.2, 0.25) is 5.91 Å². The van der Waals surface area contributed by atoms with Crippen LogP contribution in [0.4, 0.5) is 0 Å². The smallest absolute Gasteiger partial charge is 0.217 e. The van der Waals surface area contributed by atoms with E-state index in [0.717, 1.165) is 5.56 Å². The van der Waals surface area contributed by atoms with Crippen LogP contribution >= 0.6 is 0 Å². The quantitative estimate of drug-likeness (QED) is 0.781. The Balaban J connectivity index is 2.68. The van der Waals surface area contributed by atoms with Gasteiger partial charge in [0.25, 0.3) is 0 Å². The van der Waals surface area contributed by atoms with Gasteiger partial charge >= 0.3 is 0 Å². The van der Waals surface area contributed by atoms with Crippen molar-refractivity contribution in [3.63, 3.8) is 0 Å². The van der Waals surface area contributed by atoms with Gasteiger partial charge in [-0.3, -0.25) is 4.79 Å². The predicted octanol–water partition coefficient (Wildman–Crippen LogP) is 2.45. The van der Waals surface area contributed by atoms with Crippen molar-refractivity contribution >= 4 is 5.91 Å². The zero-order valence-electron chi connectivity index (χ0n) is 9.00. The highest BCUT2D eigenvalue weighted by molar-refractivity contribution is 5.72. The van der Waals surface area contributed by atoms with Gasteiger partial charge in [-0.15, -0.1) is 0 Å². The minimum atomic E-state index is 0.0138. The van der Waals surface area contributed by atoms with Crippen LogP contribution in [0.3, 0.4) is 0 Å². The van der Waals surface area contributed by atoms with E-state index < -0.39 is 0 Å². The number of nitrogens with one attached hydrogen (secondary N) is 1. The van der Waals surface area contributed by atoms with Crippen molar-refractivity contribution in [3.05, 3.63) is 35.4 Å². The second-order valence-corrected chi connectivity index (χ2v) is 3.81. The molecule has 1 aromatic rings. The molecule has 0 atom stereocenters. The van der Waals surface area contributed by atoms with Gasteiger partial charge in [0, 0.05) is 13.5 Å². The number of hydrogen-bond acceptors (Lipinski definition) is 1. The lowest BCUT2D eigenvalue weighted by Gasteiger charge is -2.08. The minimum absolute atomic E-state index is 0.0138. The lowest BCUT2D eigenvalue weighted by molar-refractivity contribution is -0.119. The molecular weight excluding hydrogens is 174 g/mol. The SMILES string of the molecule is CC(=O)NCc1cccc(C(C)C)c1. The number of benzene rings is 1. The summed E-state index contributed by atoms with van der Waals surface area (Å²) >= 11 is 0. The predicted molar refractivity (Wildman–Crippen MR) is 58.1 cm³/mol. The average molecular weight is 191 g/mol. The second kappa shape index (κ2) is 4.80. The lowest BCUT2D eigenvalue weighted by atomic mass is 10.0. The molecule has 2 nitrogen and oxygen atoms in total. The van der Waals surface area contributed by atoms with E-state index >= 15 is 0 Å². The van der Waals surface area contributed by atoms with E-state index in [1.807, 2.05) is 12.1 Å². The van der Waals surface area contributed by atoms with E-state index in [0.29, 0.717) is 12.5 Å². The Kier molecular flexibility index (Phi) is 3.69. The van der Waals surface area contributed by atoms with Crippen LogP contribution in [0.25, 0.3) is 0 Å². The van der Waals surface area contributed by atoms with Crippen LogP contribution in [-0.4, -0.2) is 5.91 Å². The summed E-state index contributed by atoms with van der Waals surface area (Å²) in [5, 5.41) is 2.79. The number of amides is 1. The highest BCUT2D eigenvalue weighted by atomic mass is 16.1. The number of carbonyl (C=O) groups is 1. The van der Waals surface area contributed by atoms with Gasteiger partial charge in [0.1, 0.15) is 0 Å². The van der Waals surface area contributed by atoms with Crippen molar-refractivity contribution < 1.29 is 4.79 Å². The highest BCUT2D eigenvalue weighted by Crippen LogP contribution is 2.15. The monoisotopic (exact) mass is 191 g/mol. The molecular formula is C12H17NO. The standard InChI is InChI=1S/C12H17NO/c1-9(2)12-6-4-5-11(7-12)8-13-10(3)14/h4-7,9H,8H2,1-3H3,(H,13,14). The van der Waals surface area contributed by atoms with E-state index in [4.69, 9.17) is 0 Å². The van der Waals surface area contributed by atoms with Crippen LogP contribution in [0.2, 0.25) is 0 Å². The van der Waals surface area contributed by atoms with E-state index in [-0.39, 0.29) is 5.91 Å². The summed E-state index contributed by atoms with van der Waals surface area (Å²) in [4.78, 5) is 10.7. The third-order valence-electron chi connectivity index (χ3n) is 2.16. The molecule has 0 aliphatic rings. The van der Waals surface area contributed by atoms with E-state index in [2.05, 4.69) is 31.3 Å². The highest BCUT2D eigenvalue weighted by Gasteiger charge is 2.00. The summed E-state index contributed by atoms with van der Waals surface area (Å²) in [5.74, 6) is 0.548. The van der Waals surface area contributed by atoms with Gasteiger partial charge in [-0.2, -0.15) is 0 Å². The Hall–Kier alpha value is -1.31. The molecule has 0 aromatic heterocycles. The molecule has 0 aliphatic heterocycles. The average Bonchev–Trinajstić information content (AvgIpc) is 2.15. The molecule has 0 heterocycles. The molecule has 0 aliphatic carbocycles. The molecule has 0 spiro atoms. The molecule has 0 bridgehead atoms. The largest absolute Gasteiger partial charge is 0.352 e. The van der Waals surface area contributed by atoms with Crippen molar-refractivity contribution in [2.75, 3.05) is 0 Å². The number of rotatable bonds is 3. The third-order valence-corrected chi connectivity index (χ3v) is 2.16. The van der Waals surface area contributed by atoms with E-state index in [1.165, 1.54) is 12.5 Å². The molecule has 0 unspecified atom stereocenters. The van der Waals surface area contributed by atoms with E-state index in [1.54, 1.807) is 0 Å². The maximum atomic E-state index is 10.7. The lowest BCUT2D eigenvalue weighted by Crippen LogP contribution is -2.18. The molecule has 76 valence electrons. The molecule has 1 amide bonds. The van der Waals surface area contributed by atoms with Crippen LogP contribution in [0.5, 0.6) is 0 Å². The first-order chi connectivity index (χ1) is 6.59. The van der Waals surface area contributed by atoms with Crippen LogP contribution < -0.4 is 5.32 Å². The zero-order chi connectivity index (χ0) is 10.6. The molecule has 1 rings (SSSR count). The van der Waals surface area contributed by atoms with Crippen molar-refractivity contribution in [1.29, 1.82) is 0 Å². The van der Waals surface area contributed by atoms with Crippen molar-refractivity contribution in [2.45, 2.75) is 33.2 Å². The summed E-state index contributed by atoms with van der Waals surface area (Å²) in [5.41, 5.74) is 2.47. The second-order valence-electron chi connectivity index (χ2n) is 3.81. The van der Waals surface area contributed by atoms with Gasteiger partial charge < -0.3 is 5.32 Å². The third kappa shape index (κ3) is 3.21. The molecule has 1 aromatic carbocycles. The molecule has 0 fully saturated rings. The summed E-state index contributed by atoms with van der Waals surface area (Å²) in [7, 11) is 0. The van der Waals surface area contributed by atoms with Crippen LogP contribution in [0.1, 0.15) is 37.8 Å². The van der Waals surface area contributed by atoms with E-state index in [9.17, 15) is 4.79 Å². The Bertz CT molecular complexity index is 318. The topological polar surface area (TPSA) is 29.1 Å². The number of carbonyl (C=O) groups excluding carboxylic acids is 1. The van der Waals surface area contributed by atoms with Gasteiger partial charge in [0.15, 0.2) is 0 Å². The first-order valence-electron chi connectivity index (χ1n) is 4.93. The first kappa shape index (κ1) is 10.8. The fourth-order valence-electron chi connectivity index (χ4n) is 1.29. The normalized spacial score (nSPS) is 10.3. The zero-order valence-corrected chi connectivity index (χ0v) is 9.00. The summed E-state index contributed by atoms with van der Waals surface area (Å²) in [6.45, 7) is 6.48. The van der Waals surface area contributed by atoms with Gasteiger partial charge in [-0.25, -0.2) is 0 Å². The Morgan fingerprint density at radius 3 is 2.71 bits per heavy atom. The number of hydrogen-bond donors (Lipinski definition) is 1. The van der Waals surface area contributed by atoms with Crippen molar-refractivity contribution in [1.82, 2.24) is 5.32 Å². The fraction of sp³-hybridized carbons (Fsp3) is 0.417. The van der Waals surface area contributed by atoms with Gasteiger partial charge in [-0.1, -0.05) is 38.1 Å². The van der Waals surface area contributed by atoms with Gasteiger partial charge in [-0.05, 0) is 17.0 Å². The minimum Gasteiger partial charge on any atom is -0.352 e. The Labute approximate surface area is 85.3 Å². The molecule has 14 heavy (non-hydrogen) atoms. The molecule has 2 heteroatoms. The van der Waals surface area contributed by atoms with Crippen molar-refractivity contribution in [2.24, 2.45) is 0 Å². The maximum absolute atomic E-state index is 10.7. The molecule has 0 saturated carbocycles. The van der Waals surface area contributed by atoms with Crippen LogP contribution in [0.15, 0.2) is 24.3 Å². The molecule has 0 radical (unpaired) electrons. The summed E-state index contributed by atoms with van der Waals surface area (Å²) in [6.07, 6.45) is 0. The Morgan fingerprint density at radius 1 is 1.43 bits per heavy atom. The van der Waals surface area contributed by atoms with Crippen LogP contribution in [-0.2, 0) is 11.3 Å².